The molecule has 1 unspecified atom stereocenters. The van der Waals surface area contributed by atoms with Gasteiger partial charge < -0.3 is 9.84 Å². The Hall–Kier alpha value is -0.860. The fourth-order valence-corrected chi connectivity index (χ4v) is 3.49. The second-order valence-electron chi connectivity index (χ2n) is 7.35. The van der Waals surface area contributed by atoms with Crippen molar-refractivity contribution >= 4 is 0 Å². The zero-order chi connectivity index (χ0) is 15.7. The van der Waals surface area contributed by atoms with E-state index in [0.29, 0.717) is 12.0 Å². The Morgan fingerprint density at radius 3 is 2.33 bits per heavy atom. The smallest absolute Gasteiger partial charge is 0.108 e. The number of ether oxygens (including phenoxy) is 1. The van der Waals surface area contributed by atoms with Crippen LogP contribution in [0.1, 0.15) is 69.2 Å². The molecule has 0 radical (unpaired) electrons. The highest BCUT2D eigenvalue weighted by Crippen LogP contribution is 2.48. The predicted octanol–water partition coefficient (Wildman–Crippen LogP) is 4.71. The van der Waals surface area contributed by atoms with Crippen molar-refractivity contribution in [3.05, 3.63) is 34.9 Å². The highest BCUT2D eigenvalue weighted by atomic mass is 16.5. The van der Waals surface area contributed by atoms with E-state index in [1.165, 1.54) is 11.1 Å². The lowest BCUT2D eigenvalue weighted by molar-refractivity contribution is -0.153. The zero-order valence-electron chi connectivity index (χ0n) is 14.2. The third-order valence-corrected chi connectivity index (χ3v) is 5.32. The molecule has 1 aliphatic carbocycles. The summed E-state index contributed by atoms with van der Waals surface area (Å²) in [5.41, 5.74) is 3.40. The van der Waals surface area contributed by atoms with Gasteiger partial charge >= 0.3 is 0 Å². The Kier molecular flexibility index (Phi) is 4.79. The quantitative estimate of drug-likeness (QED) is 0.870. The first-order chi connectivity index (χ1) is 9.81. The third kappa shape index (κ3) is 3.32. The number of rotatable bonds is 4. The largest absolute Gasteiger partial charge is 0.385 e. The van der Waals surface area contributed by atoms with Crippen LogP contribution in [0, 0.1) is 19.3 Å². The summed E-state index contributed by atoms with van der Waals surface area (Å²) in [7, 11) is 0. The zero-order valence-corrected chi connectivity index (χ0v) is 14.2. The average Bonchev–Trinajstić information content (AvgIpc) is 2.44. The SMILES string of the molecule is CCOC1(C(O)c2cccc(C)c2C)CCC(C)(C)CC1. The summed E-state index contributed by atoms with van der Waals surface area (Å²) in [6.07, 6.45) is 3.54. The van der Waals surface area contributed by atoms with E-state index in [1.54, 1.807) is 0 Å². The van der Waals surface area contributed by atoms with Crippen molar-refractivity contribution in [2.24, 2.45) is 5.41 Å². The highest BCUT2D eigenvalue weighted by molar-refractivity contribution is 5.36. The second kappa shape index (κ2) is 6.10. The predicted molar refractivity (Wildman–Crippen MR) is 87.5 cm³/mol. The number of benzene rings is 1. The normalized spacial score (nSPS) is 22.0. The molecular weight excluding hydrogens is 260 g/mol. The van der Waals surface area contributed by atoms with Gasteiger partial charge in [0.05, 0.1) is 5.60 Å². The second-order valence-corrected chi connectivity index (χ2v) is 7.35. The Morgan fingerprint density at radius 2 is 1.76 bits per heavy atom. The summed E-state index contributed by atoms with van der Waals surface area (Å²) in [6.45, 7) is 11.5. The van der Waals surface area contributed by atoms with E-state index in [2.05, 4.69) is 33.8 Å². The minimum absolute atomic E-state index is 0.363. The van der Waals surface area contributed by atoms with Crippen LogP contribution in [0.2, 0.25) is 0 Å². The molecule has 2 heteroatoms. The van der Waals surface area contributed by atoms with Gasteiger partial charge in [0.25, 0.3) is 0 Å². The van der Waals surface area contributed by atoms with Crippen molar-refractivity contribution in [2.75, 3.05) is 6.61 Å². The van der Waals surface area contributed by atoms with Gasteiger partial charge in [-0.05, 0) is 68.6 Å². The van der Waals surface area contributed by atoms with E-state index >= 15 is 0 Å². The Morgan fingerprint density at radius 1 is 1.14 bits per heavy atom. The van der Waals surface area contributed by atoms with E-state index in [0.717, 1.165) is 31.2 Å². The van der Waals surface area contributed by atoms with Gasteiger partial charge in [-0.25, -0.2) is 0 Å². The first-order valence-electron chi connectivity index (χ1n) is 8.19. The van der Waals surface area contributed by atoms with Gasteiger partial charge in [0, 0.05) is 6.61 Å². The van der Waals surface area contributed by atoms with Gasteiger partial charge in [0.2, 0.25) is 0 Å². The minimum atomic E-state index is -0.534. The molecule has 2 rings (SSSR count). The maximum Gasteiger partial charge on any atom is 0.108 e. The lowest BCUT2D eigenvalue weighted by Gasteiger charge is -2.46. The number of aryl methyl sites for hydroxylation is 1. The van der Waals surface area contributed by atoms with Gasteiger partial charge in [-0.15, -0.1) is 0 Å². The molecule has 2 nitrogen and oxygen atoms in total. The highest BCUT2D eigenvalue weighted by Gasteiger charge is 2.45. The van der Waals surface area contributed by atoms with Gasteiger partial charge in [0.15, 0.2) is 0 Å². The molecule has 0 amide bonds. The van der Waals surface area contributed by atoms with Crippen molar-refractivity contribution in [1.82, 2.24) is 0 Å². The molecule has 1 aromatic rings. The molecule has 21 heavy (non-hydrogen) atoms. The lowest BCUT2D eigenvalue weighted by atomic mass is 9.68. The number of aliphatic hydroxyl groups is 1. The first-order valence-corrected chi connectivity index (χ1v) is 8.19. The van der Waals surface area contributed by atoms with Crippen LogP contribution in [0.3, 0.4) is 0 Å². The van der Waals surface area contributed by atoms with Crippen molar-refractivity contribution in [3.63, 3.8) is 0 Å². The molecule has 0 saturated heterocycles. The molecule has 1 fully saturated rings. The maximum atomic E-state index is 11.1. The number of hydrogen-bond donors (Lipinski definition) is 1. The van der Waals surface area contributed by atoms with Crippen LogP contribution in [0.25, 0.3) is 0 Å². The Bertz CT molecular complexity index is 480. The fourth-order valence-electron chi connectivity index (χ4n) is 3.49. The molecular formula is C19H30O2. The van der Waals surface area contributed by atoms with Crippen molar-refractivity contribution in [1.29, 1.82) is 0 Å². The standard InChI is InChI=1S/C19H30O2/c1-6-21-19(12-10-18(4,5)11-13-19)17(20)16-9-7-8-14(2)15(16)3/h7-9,17,20H,6,10-13H2,1-5H3. The van der Waals surface area contributed by atoms with Crippen molar-refractivity contribution < 1.29 is 9.84 Å². The summed E-state index contributed by atoms with van der Waals surface area (Å²) in [4.78, 5) is 0. The monoisotopic (exact) mass is 290 g/mol. The van der Waals surface area contributed by atoms with Gasteiger partial charge in [-0.3, -0.25) is 0 Å². The topological polar surface area (TPSA) is 29.5 Å². The molecule has 0 spiro atoms. The van der Waals surface area contributed by atoms with E-state index in [4.69, 9.17) is 4.74 Å². The van der Waals surface area contributed by atoms with Crippen LogP contribution < -0.4 is 0 Å². The van der Waals surface area contributed by atoms with Crippen LogP contribution in [0.4, 0.5) is 0 Å². The van der Waals surface area contributed by atoms with E-state index < -0.39 is 11.7 Å². The summed E-state index contributed by atoms with van der Waals surface area (Å²) >= 11 is 0. The first kappa shape index (κ1) is 16.5. The van der Waals surface area contributed by atoms with Gasteiger partial charge in [0.1, 0.15) is 6.10 Å². The van der Waals surface area contributed by atoms with Crippen LogP contribution in [0.15, 0.2) is 18.2 Å². The van der Waals surface area contributed by atoms with E-state index in [1.807, 2.05) is 19.1 Å². The van der Waals surface area contributed by atoms with Crippen molar-refractivity contribution in [2.45, 2.75) is 72.0 Å². The third-order valence-electron chi connectivity index (χ3n) is 5.32. The van der Waals surface area contributed by atoms with E-state index in [-0.39, 0.29) is 0 Å². The number of aliphatic hydroxyl groups excluding tert-OH is 1. The van der Waals surface area contributed by atoms with Gasteiger partial charge in [-0.2, -0.15) is 0 Å². The van der Waals surface area contributed by atoms with Crippen LogP contribution >= 0.6 is 0 Å². The van der Waals surface area contributed by atoms with Crippen molar-refractivity contribution in [3.8, 4) is 0 Å². The molecule has 1 N–H and O–H groups in total. The summed E-state index contributed by atoms with van der Waals surface area (Å²) in [5, 5.41) is 11.1. The number of hydrogen-bond acceptors (Lipinski definition) is 2. The van der Waals surface area contributed by atoms with Crippen LogP contribution in [-0.4, -0.2) is 17.3 Å². The Balaban J connectivity index is 2.32. The maximum absolute atomic E-state index is 11.1. The molecule has 0 bridgehead atoms. The summed E-state index contributed by atoms with van der Waals surface area (Å²) < 4.78 is 6.12. The minimum Gasteiger partial charge on any atom is -0.385 e. The molecule has 0 heterocycles. The molecule has 0 aromatic heterocycles. The lowest BCUT2D eigenvalue weighted by Crippen LogP contribution is -2.45. The average molecular weight is 290 g/mol. The molecule has 1 saturated carbocycles. The Labute approximate surface area is 129 Å². The molecule has 1 atom stereocenters. The molecule has 1 aromatic carbocycles. The van der Waals surface area contributed by atoms with E-state index in [9.17, 15) is 5.11 Å². The van der Waals surface area contributed by atoms with Gasteiger partial charge in [-0.1, -0.05) is 32.0 Å². The van der Waals surface area contributed by atoms with Crippen LogP contribution in [-0.2, 0) is 4.74 Å². The summed E-state index contributed by atoms with van der Waals surface area (Å²) in [5.74, 6) is 0. The molecule has 0 aliphatic heterocycles. The molecule has 1 aliphatic rings. The summed E-state index contributed by atoms with van der Waals surface area (Å²) in [6, 6.07) is 6.18. The fraction of sp³-hybridized carbons (Fsp3) is 0.684. The van der Waals surface area contributed by atoms with Crippen LogP contribution in [0.5, 0.6) is 0 Å². The molecule has 118 valence electrons.